The molecule has 3 heterocycles. The van der Waals surface area contributed by atoms with Crippen LogP contribution in [0.4, 0.5) is 0 Å². The van der Waals surface area contributed by atoms with Crippen molar-refractivity contribution in [3.63, 3.8) is 0 Å². The Balaban J connectivity index is 0.000000963. The summed E-state index contributed by atoms with van der Waals surface area (Å²) in [7, 11) is 0. The van der Waals surface area contributed by atoms with Crippen LogP contribution < -0.4 is 5.32 Å². The average Bonchev–Trinajstić information content (AvgIpc) is 2.81. The highest BCUT2D eigenvalue weighted by molar-refractivity contribution is 7.15. The third-order valence-corrected chi connectivity index (χ3v) is 4.45. The number of likely N-dealkylation sites (tertiary alicyclic amines) is 1. The molecule has 2 atom stereocenters. The zero-order valence-electron chi connectivity index (χ0n) is 8.86. The molecule has 0 saturated carbocycles. The van der Waals surface area contributed by atoms with Crippen molar-refractivity contribution in [2.75, 3.05) is 26.2 Å². The van der Waals surface area contributed by atoms with Crippen LogP contribution in [0.1, 0.15) is 5.01 Å². The molecule has 1 N–H and O–H groups in total. The standard InChI is InChI=1S/C10H14ClN3S.ClH/c11-9-3-13-10(15-9)6-14-4-7-1-12-2-8(7)5-14;/h3,7-8,12H,1-2,4-6H2;1H/t7-,8+;. The number of hydrogen-bond acceptors (Lipinski definition) is 4. The lowest BCUT2D eigenvalue weighted by Gasteiger charge is -2.14. The number of fused-ring (bicyclic) bond motifs is 1. The highest BCUT2D eigenvalue weighted by atomic mass is 35.5. The van der Waals surface area contributed by atoms with E-state index in [2.05, 4.69) is 15.2 Å². The largest absolute Gasteiger partial charge is 0.316 e. The molecule has 0 aromatic carbocycles. The van der Waals surface area contributed by atoms with Gasteiger partial charge < -0.3 is 5.32 Å². The molecule has 1 aromatic heterocycles. The molecule has 0 bridgehead atoms. The molecule has 2 fully saturated rings. The van der Waals surface area contributed by atoms with Crippen molar-refractivity contribution in [2.24, 2.45) is 11.8 Å². The van der Waals surface area contributed by atoms with Gasteiger partial charge in [-0.3, -0.25) is 4.90 Å². The minimum atomic E-state index is 0. The lowest BCUT2D eigenvalue weighted by atomic mass is 10.0. The first-order valence-corrected chi connectivity index (χ1v) is 6.54. The summed E-state index contributed by atoms with van der Waals surface area (Å²) >= 11 is 7.47. The van der Waals surface area contributed by atoms with Crippen LogP contribution in [0.25, 0.3) is 0 Å². The lowest BCUT2D eigenvalue weighted by Crippen LogP contribution is -2.25. The van der Waals surface area contributed by atoms with E-state index >= 15 is 0 Å². The number of thiazole rings is 1. The van der Waals surface area contributed by atoms with Gasteiger partial charge in [0.1, 0.15) is 9.34 Å². The van der Waals surface area contributed by atoms with Gasteiger partial charge in [-0.2, -0.15) is 0 Å². The van der Waals surface area contributed by atoms with Crippen LogP contribution in [-0.2, 0) is 6.54 Å². The Morgan fingerprint density at radius 2 is 2.12 bits per heavy atom. The van der Waals surface area contributed by atoms with Gasteiger partial charge in [0, 0.05) is 13.1 Å². The first-order chi connectivity index (χ1) is 7.31. The number of aromatic nitrogens is 1. The zero-order chi connectivity index (χ0) is 10.3. The van der Waals surface area contributed by atoms with Gasteiger partial charge in [0.15, 0.2) is 0 Å². The molecular weight excluding hydrogens is 265 g/mol. The topological polar surface area (TPSA) is 28.2 Å². The van der Waals surface area contributed by atoms with Gasteiger partial charge in [0.25, 0.3) is 0 Å². The minimum Gasteiger partial charge on any atom is -0.316 e. The molecule has 2 aliphatic heterocycles. The van der Waals surface area contributed by atoms with Crippen LogP contribution in [-0.4, -0.2) is 36.1 Å². The van der Waals surface area contributed by atoms with Crippen LogP contribution in [0, 0.1) is 11.8 Å². The van der Waals surface area contributed by atoms with Crippen LogP contribution in [0.15, 0.2) is 6.20 Å². The summed E-state index contributed by atoms with van der Waals surface area (Å²) in [5.41, 5.74) is 0. The van der Waals surface area contributed by atoms with Gasteiger partial charge in [0.2, 0.25) is 0 Å². The Kier molecular flexibility index (Phi) is 4.08. The second-order valence-electron chi connectivity index (χ2n) is 4.43. The molecule has 1 aromatic rings. The van der Waals surface area contributed by atoms with E-state index in [-0.39, 0.29) is 12.4 Å². The fraction of sp³-hybridized carbons (Fsp3) is 0.700. The molecule has 0 amide bonds. The summed E-state index contributed by atoms with van der Waals surface area (Å²) in [6.45, 7) is 5.80. The van der Waals surface area contributed by atoms with Gasteiger partial charge in [-0.1, -0.05) is 11.6 Å². The molecule has 0 radical (unpaired) electrons. The Bertz CT molecular complexity index is 346. The van der Waals surface area contributed by atoms with E-state index in [9.17, 15) is 0 Å². The van der Waals surface area contributed by atoms with E-state index in [1.165, 1.54) is 26.2 Å². The quantitative estimate of drug-likeness (QED) is 0.896. The van der Waals surface area contributed by atoms with Crippen molar-refractivity contribution in [3.8, 4) is 0 Å². The highest BCUT2D eigenvalue weighted by Crippen LogP contribution is 2.28. The maximum absolute atomic E-state index is 5.87. The number of hydrogen-bond donors (Lipinski definition) is 1. The third kappa shape index (κ3) is 2.51. The lowest BCUT2D eigenvalue weighted by molar-refractivity contribution is 0.305. The average molecular weight is 280 g/mol. The van der Waals surface area contributed by atoms with Gasteiger partial charge in [-0.05, 0) is 24.9 Å². The Morgan fingerprint density at radius 3 is 2.69 bits per heavy atom. The second kappa shape index (κ2) is 5.19. The monoisotopic (exact) mass is 279 g/mol. The van der Waals surface area contributed by atoms with Crippen molar-refractivity contribution >= 4 is 35.3 Å². The zero-order valence-corrected chi connectivity index (χ0v) is 11.2. The number of rotatable bonds is 2. The van der Waals surface area contributed by atoms with Gasteiger partial charge in [-0.25, -0.2) is 4.98 Å². The predicted molar refractivity (Wildman–Crippen MR) is 69.5 cm³/mol. The molecule has 0 aliphatic carbocycles. The fourth-order valence-electron chi connectivity index (χ4n) is 2.63. The maximum Gasteiger partial charge on any atom is 0.113 e. The molecule has 2 aliphatic rings. The van der Waals surface area contributed by atoms with E-state index in [4.69, 9.17) is 11.6 Å². The SMILES string of the molecule is Cl.Clc1cnc(CN2C[C@H]3CNC[C@H]3C2)s1. The molecule has 2 saturated heterocycles. The van der Waals surface area contributed by atoms with Gasteiger partial charge in [0.05, 0.1) is 12.7 Å². The van der Waals surface area contributed by atoms with Crippen LogP contribution in [0.2, 0.25) is 4.34 Å². The summed E-state index contributed by atoms with van der Waals surface area (Å²) in [6, 6.07) is 0. The molecule has 16 heavy (non-hydrogen) atoms. The van der Waals surface area contributed by atoms with E-state index in [0.29, 0.717) is 0 Å². The Hall–Kier alpha value is 0.130. The first-order valence-electron chi connectivity index (χ1n) is 5.34. The summed E-state index contributed by atoms with van der Waals surface area (Å²) in [5, 5.41) is 4.60. The van der Waals surface area contributed by atoms with Crippen molar-refractivity contribution in [3.05, 3.63) is 15.5 Å². The fourth-order valence-corrected chi connectivity index (χ4v) is 3.63. The minimum absolute atomic E-state index is 0. The van der Waals surface area contributed by atoms with Crippen molar-refractivity contribution in [1.29, 1.82) is 0 Å². The molecule has 3 rings (SSSR count). The van der Waals surface area contributed by atoms with Crippen molar-refractivity contribution in [1.82, 2.24) is 15.2 Å². The van der Waals surface area contributed by atoms with Crippen molar-refractivity contribution < 1.29 is 0 Å². The molecule has 0 unspecified atom stereocenters. The molecule has 90 valence electrons. The normalized spacial score (nSPS) is 29.1. The molecule has 3 nitrogen and oxygen atoms in total. The Labute approximate surface area is 111 Å². The number of halogens is 2. The summed E-state index contributed by atoms with van der Waals surface area (Å²) < 4.78 is 0.797. The Morgan fingerprint density at radius 1 is 1.44 bits per heavy atom. The molecule has 0 spiro atoms. The second-order valence-corrected chi connectivity index (χ2v) is 6.18. The van der Waals surface area contributed by atoms with Crippen molar-refractivity contribution in [2.45, 2.75) is 6.54 Å². The summed E-state index contributed by atoms with van der Waals surface area (Å²) in [6.07, 6.45) is 1.75. The van der Waals surface area contributed by atoms with Gasteiger partial charge in [-0.15, -0.1) is 23.7 Å². The van der Waals surface area contributed by atoms with E-state index in [1.807, 2.05) is 0 Å². The van der Waals surface area contributed by atoms with Crippen LogP contribution in [0.5, 0.6) is 0 Å². The third-order valence-electron chi connectivity index (χ3n) is 3.35. The van der Waals surface area contributed by atoms with E-state index in [0.717, 1.165) is 27.7 Å². The summed E-state index contributed by atoms with van der Waals surface area (Å²) in [5.74, 6) is 1.72. The molecular formula is C10H15Cl2N3S. The number of nitrogens with zero attached hydrogens (tertiary/aromatic N) is 2. The maximum atomic E-state index is 5.87. The van der Waals surface area contributed by atoms with Crippen LogP contribution >= 0.6 is 35.3 Å². The van der Waals surface area contributed by atoms with E-state index in [1.54, 1.807) is 17.5 Å². The first kappa shape index (κ1) is 12.6. The molecule has 6 heteroatoms. The smallest absolute Gasteiger partial charge is 0.113 e. The summed E-state index contributed by atoms with van der Waals surface area (Å²) in [4.78, 5) is 6.81. The van der Waals surface area contributed by atoms with E-state index < -0.39 is 0 Å². The number of nitrogens with one attached hydrogen (secondary N) is 1. The van der Waals surface area contributed by atoms with Crippen LogP contribution in [0.3, 0.4) is 0 Å². The van der Waals surface area contributed by atoms with Gasteiger partial charge >= 0.3 is 0 Å². The highest BCUT2D eigenvalue weighted by Gasteiger charge is 2.35. The predicted octanol–water partition coefficient (Wildman–Crippen LogP) is 1.87.